The van der Waals surface area contributed by atoms with E-state index in [1.165, 1.54) is 24.3 Å². The first-order valence-electron chi connectivity index (χ1n) is 7.43. The van der Waals surface area contributed by atoms with Gasteiger partial charge in [0.1, 0.15) is 0 Å². The van der Waals surface area contributed by atoms with Crippen molar-refractivity contribution in [2.24, 2.45) is 4.40 Å². The Balaban J connectivity index is 2.23. The van der Waals surface area contributed by atoms with Gasteiger partial charge in [-0.15, -0.1) is 0 Å². The number of nitro groups is 2. The van der Waals surface area contributed by atoms with Gasteiger partial charge < -0.3 is 0 Å². The molecule has 0 bridgehead atoms. The van der Waals surface area contributed by atoms with Crippen molar-refractivity contribution in [1.29, 1.82) is 0 Å². The molecule has 0 aliphatic heterocycles. The van der Waals surface area contributed by atoms with Crippen molar-refractivity contribution in [2.75, 3.05) is 7.05 Å². The Morgan fingerprint density at radius 2 is 1.31 bits per heavy atom. The molecule has 1 N–H and O–H groups in total. The van der Waals surface area contributed by atoms with Gasteiger partial charge >= 0.3 is 27.7 Å². The van der Waals surface area contributed by atoms with E-state index < -0.39 is 49.0 Å². The van der Waals surface area contributed by atoms with Crippen LogP contribution in [0.25, 0.3) is 0 Å². The molecule has 0 amide bonds. The zero-order valence-electron chi connectivity index (χ0n) is 14.5. The number of nitrogens with one attached hydrogen (secondary N) is 1. The summed E-state index contributed by atoms with van der Waals surface area (Å²) in [5.74, 6) is -0.803. The lowest BCUT2D eigenvalue weighted by atomic mass is 10.3. The van der Waals surface area contributed by atoms with E-state index in [1.54, 1.807) is 0 Å². The minimum atomic E-state index is -4.32. The number of para-hydroxylation sites is 4. The number of benzene rings is 2. The van der Waals surface area contributed by atoms with Crippen LogP contribution >= 0.6 is 0 Å². The van der Waals surface area contributed by atoms with Gasteiger partial charge in [0.05, 0.1) is 9.85 Å². The summed E-state index contributed by atoms with van der Waals surface area (Å²) < 4.78 is 28.1. The molecule has 14 nitrogen and oxygen atoms in total. The van der Waals surface area contributed by atoms with Gasteiger partial charge in [-0.3, -0.25) is 30.0 Å². The molecule has 0 aliphatic rings. The standard InChI is InChI=1S/C14H12N4O10S/c1-15-29(23,24)16-14(27-25-12-8-4-2-6-10(12)17(19)20)28-26-13-9-5-3-7-11(13)18(21)22/h2-9,15H,1H3. The lowest BCUT2D eigenvalue weighted by molar-refractivity contribution is -0.388. The zero-order valence-corrected chi connectivity index (χ0v) is 15.3. The predicted molar refractivity (Wildman–Crippen MR) is 95.0 cm³/mol. The number of nitro benzene ring substituents is 2. The third-order valence-electron chi connectivity index (χ3n) is 2.98. The quantitative estimate of drug-likeness (QED) is 0.213. The molecule has 29 heavy (non-hydrogen) atoms. The summed E-state index contributed by atoms with van der Waals surface area (Å²) in [5, 5.41) is 21.9. The Morgan fingerprint density at radius 1 is 0.897 bits per heavy atom. The molecule has 2 rings (SSSR count). The van der Waals surface area contributed by atoms with Crippen LogP contribution in [0.3, 0.4) is 0 Å². The first-order chi connectivity index (χ1) is 13.7. The number of hydrogen-bond acceptors (Lipinski definition) is 10. The molecule has 2 aromatic rings. The van der Waals surface area contributed by atoms with E-state index in [0.717, 1.165) is 31.3 Å². The molecule has 0 atom stereocenters. The van der Waals surface area contributed by atoms with Crippen molar-refractivity contribution >= 4 is 27.7 Å². The molecule has 0 radical (unpaired) electrons. The fourth-order valence-electron chi connectivity index (χ4n) is 1.71. The second-order valence-corrected chi connectivity index (χ2v) is 6.36. The third kappa shape index (κ3) is 6.01. The minimum absolute atomic E-state index is 0.402. The van der Waals surface area contributed by atoms with Gasteiger partial charge in [0.25, 0.3) is 11.5 Å². The van der Waals surface area contributed by atoms with E-state index in [4.69, 9.17) is 9.78 Å². The summed E-state index contributed by atoms with van der Waals surface area (Å²) in [6.45, 7) is 0. The van der Waals surface area contributed by atoms with Crippen molar-refractivity contribution < 1.29 is 37.8 Å². The molecule has 15 heteroatoms. The van der Waals surface area contributed by atoms with Crippen LogP contribution in [0.15, 0.2) is 52.9 Å². The maximum absolute atomic E-state index is 11.6. The van der Waals surface area contributed by atoms with E-state index in [1.807, 2.05) is 4.72 Å². The predicted octanol–water partition coefficient (Wildman–Crippen LogP) is 1.64. The third-order valence-corrected chi connectivity index (χ3v) is 3.89. The maximum atomic E-state index is 11.6. The highest BCUT2D eigenvalue weighted by atomic mass is 32.2. The molecule has 0 aromatic heterocycles. The molecule has 0 unspecified atom stereocenters. The molecule has 0 aliphatic carbocycles. The summed E-state index contributed by atoms with van der Waals surface area (Å²) in [7, 11) is -3.29. The maximum Gasteiger partial charge on any atom is 0.487 e. The second-order valence-electron chi connectivity index (χ2n) is 4.82. The second kappa shape index (κ2) is 9.29. The largest absolute Gasteiger partial charge is 0.487 e. The van der Waals surface area contributed by atoms with E-state index >= 15 is 0 Å². The van der Waals surface area contributed by atoms with Crippen LogP contribution in [0.2, 0.25) is 0 Å². The van der Waals surface area contributed by atoms with Crippen molar-refractivity contribution in [3.8, 4) is 11.5 Å². The molecule has 2 aromatic carbocycles. The van der Waals surface area contributed by atoms with Crippen molar-refractivity contribution in [3.05, 3.63) is 68.8 Å². The normalized spacial score (nSPS) is 10.5. The average Bonchev–Trinajstić information content (AvgIpc) is 2.70. The Labute approximate surface area is 162 Å². The molecule has 0 spiro atoms. The topological polar surface area (TPSA) is 182 Å². The number of hydrogen-bond donors (Lipinski definition) is 1. The van der Waals surface area contributed by atoms with Crippen LogP contribution in [0.1, 0.15) is 0 Å². The summed E-state index contributed by atoms with van der Waals surface area (Å²) >= 11 is 0. The first-order valence-corrected chi connectivity index (χ1v) is 8.87. The summed E-state index contributed by atoms with van der Waals surface area (Å²) in [6, 6.07) is 10.0. The summed E-state index contributed by atoms with van der Waals surface area (Å²) in [6.07, 6.45) is -1.17. The molecule has 0 heterocycles. The first kappa shape index (κ1) is 21.3. The van der Waals surface area contributed by atoms with Crippen LogP contribution in [0, 0.1) is 20.2 Å². The van der Waals surface area contributed by atoms with Crippen LogP contribution < -0.4 is 14.5 Å². The highest BCUT2D eigenvalue weighted by molar-refractivity contribution is 7.88. The smallest absolute Gasteiger partial charge is 0.277 e. The molecule has 0 saturated heterocycles. The molecular formula is C14H12N4O10S. The summed E-state index contributed by atoms with van der Waals surface area (Å²) in [4.78, 5) is 39.0. The monoisotopic (exact) mass is 428 g/mol. The molecule has 154 valence electrons. The van der Waals surface area contributed by atoms with Gasteiger partial charge in [-0.25, -0.2) is 9.78 Å². The van der Waals surface area contributed by atoms with Gasteiger partial charge in [0.2, 0.25) is 0 Å². The Bertz CT molecular complexity index is 977. The van der Waals surface area contributed by atoms with Crippen LogP contribution in [0.5, 0.6) is 11.5 Å². The number of nitrogens with zero attached hydrogens (tertiary/aromatic N) is 3. The van der Waals surface area contributed by atoms with Crippen molar-refractivity contribution in [1.82, 2.24) is 4.72 Å². The molecule has 0 fully saturated rings. The van der Waals surface area contributed by atoms with Crippen molar-refractivity contribution in [2.45, 2.75) is 0 Å². The van der Waals surface area contributed by atoms with Crippen molar-refractivity contribution in [3.63, 3.8) is 0 Å². The SMILES string of the molecule is CNS(=O)(=O)N=C(OOc1ccccc1[N+](=O)[O-])OOc1ccccc1[N+](=O)[O-]. The summed E-state index contributed by atoms with van der Waals surface area (Å²) in [5.41, 5.74) is -0.995. The fourth-order valence-corrected chi connectivity index (χ4v) is 2.05. The Kier molecular flexibility index (Phi) is 6.83. The van der Waals surface area contributed by atoms with E-state index in [2.05, 4.69) is 14.2 Å². The minimum Gasteiger partial charge on any atom is -0.277 e. The van der Waals surface area contributed by atoms with Crippen LogP contribution in [-0.4, -0.2) is 31.4 Å². The van der Waals surface area contributed by atoms with E-state index in [0.29, 0.717) is 0 Å². The fraction of sp³-hybridized carbons (Fsp3) is 0.0714. The Morgan fingerprint density at radius 3 is 1.69 bits per heavy atom. The van der Waals surface area contributed by atoms with Gasteiger partial charge in [0.15, 0.2) is 0 Å². The molecular weight excluding hydrogens is 416 g/mol. The zero-order chi connectivity index (χ0) is 21.4. The lowest BCUT2D eigenvalue weighted by Crippen LogP contribution is -2.22. The lowest BCUT2D eigenvalue weighted by Gasteiger charge is -2.08. The highest BCUT2D eigenvalue weighted by Gasteiger charge is 2.21. The average molecular weight is 428 g/mol. The van der Waals surface area contributed by atoms with Crippen LogP contribution in [0.4, 0.5) is 11.4 Å². The van der Waals surface area contributed by atoms with Gasteiger partial charge in [0, 0.05) is 19.2 Å². The highest BCUT2D eigenvalue weighted by Crippen LogP contribution is 2.27. The van der Waals surface area contributed by atoms with E-state index in [-0.39, 0.29) is 0 Å². The van der Waals surface area contributed by atoms with Crippen LogP contribution in [-0.2, 0) is 20.0 Å². The van der Waals surface area contributed by atoms with E-state index in [9.17, 15) is 28.6 Å². The van der Waals surface area contributed by atoms with Gasteiger partial charge in [-0.05, 0) is 12.1 Å². The Hall–Kier alpha value is -3.98. The molecule has 0 saturated carbocycles. The van der Waals surface area contributed by atoms with Gasteiger partial charge in [-0.1, -0.05) is 28.7 Å². The number of rotatable bonds is 8. The van der Waals surface area contributed by atoms with Gasteiger partial charge in [-0.2, -0.15) is 13.1 Å².